The van der Waals surface area contributed by atoms with Crippen molar-refractivity contribution >= 4 is 22.7 Å². The lowest BCUT2D eigenvalue weighted by atomic mass is 10.4. The molecule has 0 radical (unpaired) electrons. The summed E-state index contributed by atoms with van der Waals surface area (Å²) >= 11 is 3.28. The van der Waals surface area contributed by atoms with E-state index >= 15 is 0 Å². The van der Waals surface area contributed by atoms with E-state index in [1.54, 1.807) is 22.7 Å². The molecule has 0 aliphatic heterocycles. The Morgan fingerprint density at radius 1 is 1.31 bits per heavy atom. The topological polar surface area (TPSA) is 50.7 Å². The van der Waals surface area contributed by atoms with Crippen LogP contribution < -0.4 is 5.32 Å². The van der Waals surface area contributed by atoms with E-state index in [0.29, 0.717) is 6.04 Å². The molecule has 2 rings (SSSR count). The molecule has 0 saturated carbocycles. The van der Waals surface area contributed by atoms with Gasteiger partial charge in [-0.2, -0.15) is 0 Å². The van der Waals surface area contributed by atoms with E-state index in [2.05, 4.69) is 34.3 Å². The smallest absolute Gasteiger partial charge is 0.159 e. The van der Waals surface area contributed by atoms with E-state index in [9.17, 15) is 0 Å². The molecule has 0 saturated heterocycles. The summed E-state index contributed by atoms with van der Waals surface area (Å²) in [6.07, 6.45) is 1.86. The molecule has 6 heteroatoms. The van der Waals surface area contributed by atoms with Crippen LogP contribution in [0.15, 0.2) is 6.20 Å². The third-order valence-electron chi connectivity index (χ3n) is 1.96. The Labute approximate surface area is 103 Å². The molecule has 4 nitrogen and oxygen atoms in total. The summed E-state index contributed by atoms with van der Waals surface area (Å²) in [4.78, 5) is 5.32. The SMILES string of the molecule is Cc1ncc(-c2nnc(CNC(C)C)s2)s1. The summed E-state index contributed by atoms with van der Waals surface area (Å²) in [5, 5.41) is 14.7. The Morgan fingerprint density at radius 2 is 2.12 bits per heavy atom. The van der Waals surface area contributed by atoms with Gasteiger partial charge in [0.2, 0.25) is 0 Å². The number of nitrogens with one attached hydrogen (secondary N) is 1. The second-order valence-corrected chi connectivity index (χ2v) is 6.08. The number of thiazole rings is 1. The number of hydrogen-bond acceptors (Lipinski definition) is 6. The van der Waals surface area contributed by atoms with Gasteiger partial charge in [-0.1, -0.05) is 25.2 Å². The van der Waals surface area contributed by atoms with Crippen molar-refractivity contribution in [1.82, 2.24) is 20.5 Å². The minimum absolute atomic E-state index is 0.470. The zero-order valence-corrected chi connectivity index (χ0v) is 11.2. The molecule has 0 fully saturated rings. The van der Waals surface area contributed by atoms with Gasteiger partial charge in [0.05, 0.1) is 9.88 Å². The van der Waals surface area contributed by atoms with Crippen molar-refractivity contribution in [3.8, 4) is 9.88 Å². The summed E-state index contributed by atoms with van der Waals surface area (Å²) in [6.45, 7) is 7.02. The molecule has 16 heavy (non-hydrogen) atoms. The van der Waals surface area contributed by atoms with E-state index < -0.39 is 0 Å². The Kier molecular flexibility index (Phi) is 3.63. The summed E-state index contributed by atoms with van der Waals surface area (Å²) in [6, 6.07) is 0.470. The van der Waals surface area contributed by atoms with Crippen molar-refractivity contribution in [2.24, 2.45) is 0 Å². The van der Waals surface area contributed by atoms with Crippen LogP contribution in [0.2, 0.25) is 0 Å². The van der Waals surface area contributed by atoms with Gasteiger partial charge in [-0.05, 0) is 6.92 Å². The largest absolute Gasteiger partial charge is 0.308 e. The van der Waals surface area contributed by atoms with Crippen LogP contribution >= 0.6 is 22.7 Å². The number of rotatable bonds is 4. The fraction of sp³-hybridized carbons (Fsp3) is 0.500. The summed E-state index contributed by atoms with van der Waals surface area (Å²) < 4.78 is 0. The first kappa shape index (κ1) is 11.6. The van der Waals surface area contributed by atoms with Crippen LogP contribution in [0.25, 0.3) is 9.88 Å². The molecule has 0 unspecified atom stereocenters. The van der Waals surface area contributed by atoms with E-state index in [0.717, 1.165) is 26.4 Å². The van der Waals surface area contributed by atoms with Gasteiger partial charge in [0.15, 0.2) is 5.01 Å². The van der Waals surface area contributed by atoms with Crippen LogP contribution in [-0.2, 0) is 6.54 Å². The summed E-state index contributed by atoms with van der Waals surface area (Å²) in [5.41, 5.74) is 0. The minimum atomic E-state index is 0.470. The highest BCUT2D eigenvalue weighted by atomic mass is 32.1. The van der Waals surface area contributed by atoms with E-state index in [-0.39, 0.29) is 0 Å². The van der Waals surface area contributed by atoms with E-state index in [1.165, 1.54) is 0 Å². The van der Waals surface area contributed by atoms with Crippen LogP contribution in [-0.4, -0.2) is 21.2 Å². The highest BCUT2D eigenvalue weighted by Crippen LogP contribution is 2.28. The van der Waals surface area contributed by atoms with Crippen LogP contribution in [0.5, 0.6) is 0 Å². The lowest BCUT2D eigenvalue weighted by Gasteiger charge is -2.03. The predicted octanol–water partition coefficient (Wildman–Crippen LogP) is 2.47. The van der Waals surface area contributed by atoms with Crippen LogP contribution in [0, 0.1) is 6.92 Å². The fourth-order valence-electron chi connectivity index (χ4n) is 1.18. The Morgan fingerprint density at radius 3 is 2.75 bits per heavy atom. The fourth-order valence-corrected chi connectivity index (χ4v) is 2.78. The lowest BCUT2D eigenvalue weighted by Crippen LogP contribution is -2.21. The van der Waals surface area contributed by atoms with E-state index in [4.69, 9.17) is 0 Å². The highest BCUT2D eigenvalue weighted by molar-refractivity contribution is 7.21. The Hall–Kier alpha value is -0.850. The third-order valence-corrected chi connectivity index (χ3v) is 3.97. The van der Waals surface area contributed by atoms with Crippen molar-refractivity contribution < 1.29 is 0 Å². The second-order valence-electron chi connectivity index (χ2n) is 3.78. The average molecular weight is 254 g/mol. The quantitative estimate of drug-likeness (QED) is 0.910. The predicted molar refractivity (Wildman–Crippen MR) is 67.7 cm³/mol. The first-order valence-electron chi connectivity index (χ1n) is 5.13. The molecule has 0 bridgehead atoms. The summed E-state index contributed by atoms with van der Waals surface area (Å²) in [5.74, 6) is 0. The average Bonchev–Trinajstić information content (AvgIpc) is 2.83. The van der Waals surface area contributed by atoms with Gasteiger partial charge in [0.1, 0.15) is 5.01 Å². The Balaban J connectivity index is 2.07. The molecule has 0 aliphatic carbocycles. The maximum Gasteiger partial charge on any atom is 0.159 e. The van der Waals surface area contributed by atoms with Crippen molar-refractivity contribution in [2.45, 2.75) is 33.4 Å². The van der Waals surface area contributed by atoms with Crippen LogP contribution in [0.4, 0.5) is 0 Å². The van der Waals surface area contributed by atoms with Gasteiger partial charge >= 0.3 is 0 Å². The molecule has 0 aliphatic rings. The second kappa shape index (κ2) is 4.99. The number of hydrogen-bond donors (Lipinski definition) is 1. The van der Waals surface area contributed by atoms with Gasteiger partial charge in [-0.15, -0.1) is 21.5 Å². The number of aromatic nitrogens is 3. The molecule has 0 aromatic carbocycles. The zero-order chi connectivity index (χ0) is 11.5. The Bertz CT molecular complexity index is 461. The van der Waals surface area contributed by atoms with Gasteiger partial charge < -0.3 is 5.32 Å². The first-order valence-corrected chi connectivity index (χ1v) is 6.77. The molecule has 2 aromatic heterocycles. The zero-order valence-electron chi connectivity index (χ0n) is 9.52. The van der Waals surface area contributed by atoms with Crippen LogP contribution in [0.1, 0.15) is 23.9 Å². The molecule has 1 N–H and O–H groups in total. The van der Waals surface area contributed by atoms with Crippen LogP contribution in [0.3, 0.4) is 0 Å². The van der Waals surface area contributed by atoms with Gasteiger partial charge in [0.25, 0.3) is 0 Å². The molecular weight excluding hydrogens is 240 g/mol. The van der Waals surface area contributed by atoms with Crippen molar-refractivity contribution in [3.63, 3.8) is 0 Å². The third kappa shape index (κ3) is 2.84. The number of aryl methyl sites for hydroxylation is 1. The van der Waals surface area contributed by atoms with E-state index in [1.807, 2.05) is 13.1 Å². The summed E-state index contributed by atoms with van der Waals surface area (Å²) in [7, 11) is 0. The highest BCUT2D eigenvalue weighted by Gasteiger charge is 2.09. The maximum absolute atomic E-state index is 4.22. The molecule has 0 amide bonds. The van der Waals surface area contributed by atoms with Crippen molar-refractivity contribution in [1.29, 1.82) is 0 Å². The lowest BCUT2D eigenvalue weighted by molar-refractivity contribution is 0.585. The first-order chi connectivity index (χ1) is 7.65. The molecule has 2 aromatic rings. The van der Waals surface area contributed by atoms with Gasteiger partial charge in [-0.25, -0.2) is 4.98 Å². The van der Waals surface area contributed by atoms with Crippen molar-refractivity contribution in [3.05, 3.63) is 16.2 Å². The monoisotopic (exact) mass is 254 g/mol. The molecule has 0 atom stereocenters. The van der Waals surface area contributed by atoms with Gasteiger partial charge in [0, 0.05) is 18.8 Å². The van der Waals surface area contributed by atoms with Gasteiger partial charge in [-0.3, -0.25) is 0 Å². The molecular formula is C10H14N4S2. The minimum Gasteiger partial charge on any atom is -0.308 e. The molecule has 2 heterocycles. The van der Waals surface area contributed by atoms with Crippen molar-refractivity contribution in [2.75, 3.05) is 0 Å². The molecule has 86 valence electrons. The molecule has 0 spiro atoms. The number of nitrogens with zero attached hydrogens (tertiary/aromatic N) is 3. The standard InChI is InChI=1S/C10H14N4S2/c1-6(2)11-5-9-13-14-10(16-9)8-4-12-7(3)15-8/h4,6,11H,5H2,1-3H3. The normalized spacial score (nSPS) is 11.2. The maximum atomic E-state index is 4.22.